The van der Waals surface area contributed by atoms with E-state index >= 15 is 0 Å². The number of carboxylic acid groups (broad SMARTS) is 1. The maximum absolute atomic E-state index is 11.4. The second kappa shape index (κ2) is 6.43. The lowest BCUT2D eigenvalue weighted by Crippen LogP contribution is -2.19. The SMILES string of the molecule is Cc1ccccc1CC(Sc1ccccc1)C(=O)O. The second-order valence-electron chi connectivity index (χ2n) is 4.39. The molecule has 0 aliphatic heterocycles. The largest absolute Gasteiger partial charge is 0.480 e. The van der Waals surface area contributed by atoms with Crippen LogP contribution in [0.15, 0.2) is 59.5 Å². The van der Waals surface area contributed by atoms with Gasteiger partial charge in [-0.3, -0.25) is 4.79 Å². The molecule has 2 aromatic carbocycles. The lowest BCUT2D eigenvalue weighted by Gasteiger charge is -2.13. The van der Waals surface area contributed by atoms with Crippen LogP contribution in [0.2, 0.25) is 0 Å². The van der Waals surface area contributed by atoms with E-state index in [-0.39, 0.29) is 0 Å². The summed E-state index contributed by atoms with van der Waals surface area (Å²) in [4.78, 5) is 12.4. The molecule has 0 fully saturated rings. The molecule has 19 heavy (non-hydrogen) atoms. The van der Waals surface area contributed by atoms with Crippen molar-refractivity contribution in [3.63, 3.8) is 0 Å². The molecule has 1 atom stereocenters. The first-order valence-corrected chi connectivity index (χ1v) is 7.04. The van der Waals surface area contributed by atoms with Crippen molar-refractivity contribution in [2.75, 3.05) is 0 Å². The fraction of sp³-hybridized carbons (Fsp3) is 0.188. The average molecular weight is 272 g/mol. The zero-order chi connectivity index (χ0) is 13.7. The van der Waals surface area contributed by atoms with Gasteiger partial charge in [0, 0.05) is 4.90 Å². The molecule has 0 heterocycles. The fourth-order valence-electron chi connectivity index (χ4n) is 1.88. The van der Waals surface area contributed by atoms with Gasteiger partial charge in [0.15, 0.2) is 0 Å². The van der Waals surface area contributed by atoms with E-state index in [9.17, 15) is 9.90 Å². The summed E-state index contributed by atoms with van der Waals surface area (Å²) in [7, 11) is 0. The van der Waals surface area contributed by atoms with Gasteiger partial charge >= 0.3 is 5.97 Å². The normalized spacial score (nSPS) is 12.1. The first-order chi connectivity index (χ1) is 9.16. The van der Waals surface area contributed by atoms with Crippen molar-refractivity contribution in [2.45, 2.75) is 23.5 Å². The summed E-state index contributed by atoms with van der Waals surface area (Å²) in [5.74, 6) is -0.767. The molecule has 0 aliphatic carbocycles. The van der Waals surface area contributed by atoms with Crippen molar-refractivity contribution in [3.8, 4) is 0 Å². The number of rotatable bonds is 5. The highest BCUT2D eigenvalue weighted by Crippen LogP contribution is 2.26. The van der Waals surface area contributed by atoms with E-state index in [0.29, 0.717) is 6.42 Å². The molecule has 2 rings (SSSR count). The number of aryl methyl sites for hydroxylation is 1. The number of hydrogen-bond acceptors (Lipinski definition) is 2. The Morgan fingerprint density at radius 1 is 1.11 bits per heavy atom. The third kappa shape index (κ3) is 3.86. The van der Waals surface area contributed by atoms with E-state index in [1.807, 2.05) is 61.5 Å². The minimum atomic E-state index is -0.767. The maximum atomic E-state index is 11.4. The Bertz CT molecular complexity index is 552. The molecule has 0 bridgehead atoms. The minimum Gasteiger partial charge on any atom is -0.480 e. The topological polar surface area (TPSA) is 37.3 Å². The molecule has 98 valence electrons. The van der Waals surface area contributed by atoms with Gasteiger partial charge in [0.2, 0.25) is 0 Å². The summed E-state index contributed by atoms with van der Waals surface area (Å²) in [5, 5.41) is 8.91. The van der Waals surface area contributed by atoms with Crippen molar-refractivity contribution < 1.29 is 9.90 Å². The standard InChI is InChI=1S/C16H16O2S/c1-12-7-5-6-8-13(12)11-15(16(17)18)19-14-9-3-2-4-10-14/h2-10,15H,11H2,1H3,(H,17,18). The van der Waals surface area contributed by atoms with Gasteiger partial charge in [0.05, 0.1) is 0 Å². The molecule has 2 aromatic rings. The average Bonchev–Trinajstić information content (AvgIpc) is 2.41. The highest BCUT2D eigenvalue weighted by atomic mass is 32.2. The van der Waals surface area contributed by atoms with Crippen molar-refractivity contribution in [3.05, 3.63) is 65.7 Å². The molecule has 0 spiro atoms. The third-order valence-corrected chi connectivity index (χ3v) is 4.16. The Labute approximate surface area is 117 Å². The molecule has 0 amide bonds. The quantitative estimate of drug-likeness (QED) is 0.842. The van der Waals surface area contributed by atoms with Gasteiger partial charge in [0.25, 0.3) is 0 Å². The molecule has 3 heteroatoms. The molecule has 2 nitrogen and oxygen atoms in total. The van der Waals surface area contributed by atoms with Crippen LogP contribution in [0.4, 0.5) is 0 Å². The van der Waals surface area contributed by atoms with Gasteiger partial charge in [-0.05, 0) is 36.6 Å². The van der Waals surface area contributed by atoms with Crippen LogP contribution < -0.4 is 0 Å². The number of aliphatic carboxylic acids is 1. The molecular weight excluding hydrogens is 256 g/mol. The first kappa shape index (κ1) is 13.7. The van der Waals surface area contributed by atoms with E-state index in [0.717, 1.165) is 16.0 Å². The number of benzene rings is 2. The third-order valence-electron chi connectivity index (χ3n) is 2.96. The minimum absolute atomic E-state index is 0.455. The highest BCUT2D eigenvalue weighted by molar-refractivity contribution is 8.00. The zero-order valence-electron chi connectivity index (χ0n) is 10.7. The van der Waals surface area contributed by atoms with E-state index in [2.05, 4.69) is 0 Å². The van der Waals surface area contributed by atoms with Crippen molar-refractivity contribution in [2.24, 2.45) is 0 Å². The number of hydrogen-bond donors (Lipinski definition) is 1. The number of carboxylic acids is 1. The van der Waals surface area contributed by atoms with Crippen LogP contribution in [0, 0.1) is 6.92 Å². The number of carbonyl (C=O) groups is 1. The smallest absolute Gasteiger partial charge is 0.317 e. The predicted molar refractivity (Wildman–Crippen MR) is 78.6 cm³/mol. The Balaban J connectivity index is 2.13. The Morgan fingerprint density at radius 3 is 2.37 bits per heavy atom. The monoisotopic (exact) mass is 272 g/mol. The van der Waals surface area contributed by atoms with Crippen molar-refractivity contribution in [1.29, 1.82) is 0 Å². The summed E-state index contributed by atoms with van der Waals surface area (Å²) < 4.78 is 0. The highest BCUT2D eigenvalue weighted by Gasteiger charge is 2.20. The van der Waals surface area contributed by atoms with Crippen LogP contribution in [-0.4, -0.2) is 16.3 Å². The summed E-state index contributed by atoms with van der Waals surface area (Å²) in [5.41, 5.74) is 2.24. The van der Waals surface area contributed by atoms with E-state index in [1.54, 1.807) is 0 Å². The number of thioether (sulfide) groups is 1. The predicted octanol–water partition coefficient (Wildman–Crippen LogP) is 3.78. The molecule has 1 N–H and O–H groups in total. The van der Waals surface area contributed by atoms with Gasteiger partial charge in [-0.15, -0.1) is 11.8 Å². The van der Waals surface area contributed by atoms with Gasteiger partial charge in [0.1, 0.15) is 5.25 Å². The molecule has 1 unspecified atom stereocenters. The summed E-state index contributed by atoms with van der Waals surface area (Å²) >= 11 is 1.40. The van der Waals surface area contributed by atoms with Crippen LogP contribution in [0.3, 0.4) is 0 Å². The van der Waals surface area contributed by atoms with E-state index < -0.39 is 11.2 Å². The second-order valence-corrected chi connectivity index (χ2v) is 5.66. The lowest BCUT2D eigenvalue weighted by molar-refractivity contribution is -0.136. The molecule has 0 radical (unpaired) electrons. The van der Waals surface area contributed by atoms with Gasteiger partial charge in [-0.2, -0.15) is 0 Å². The van der Waals surface area contributed by atoms with Crippen molar-refractivity contribution in [1.82, 2.24) is 0 Å². The van der Waals surface area contributed by atoms with Crippen LogP contribution in [0.1, 0.15) is 11.1 Å². The van der Waals surface area contributed by atoms with Crippen molar-refractivity contribution >= 4 is 17.7 Å². The molecule has 0 saturated heterocycles. The zero-order valence-corrected chi connectivity index (χ0v) is 11.6. The van der Waals surface area contributed by atoms with Crippen LogP contribution in [0.5, 0.6) is 0 Å². The van der Waals surface area contributed by atoms with Crippen LogP contribution in [-0.2, 0) is 11.2 Å². The summed E-state index contributed by atoms with van der Waals surface area (Å²) in [6, 6.07) is 17.6. The van der Waals surface area contributed by atoms with Crippen LogP contribution in [0.25, 0.3) is 0 Å². The first-order valence-electron chi connectivity index (χ1n) is 6.16. The van der Waals surface area contributed by atoms with E-state index in [4.69, 9.17) is 0 Å². The molecule has 0 aromatic heterocycles. The Kier molecular flexibility index (Phi) is 4.63. The lowest BCUT2D eigenvalue weighted by atomic mass is 10.0. The summed E-state index contributed by atoms with van der Waals surface area (Å²) in [6.45, 7) is 2.02. The van der Waals surface area contributed by atoms with Gasteiger partial charge in [-0.25, -0.2) is 0 Å². The molecular formula is C16H16O2S. The maximum Gasteiger partial charge on any atom is 0.317 e. The van der Waals surface area contributed by atoms with Gasteiger partial charge < -0.3 is 5.11 Å². The molecule has 0 aliphatic rings. The molecule has 0 saturated carbocycles. The summed E-state index contributed by atoms with van der Waals surface area (Å²) in [6.07, 6.45) is 0.543. The van der Waals surface area contributed by atoms with E-state index in [1.165, 1.54) is 11.8 Å². The van der Waals surface area contributed by atoms with Gasteiger partial charge in [-0.1, -0.05) is 42.5 Å². The Hall–Kier alpha value is -1.74. The van der Waals surface area contributed by atoms with Crippen LogP contribution >= 0.6 is 11.8 Å². The fourth-order valence-corrected chi connectivity index (χ4v) is 2.89. The Morgan fingerprint density at radius 2 is 1.74 bits per heavy atom.